The predicted molar refractivity (Wildman–Crippen MR) is 56.8 cm³/mol. The van der Waals surface area contributed by atoms with Gasteiger partial charge in [-0.3, -0.25) is 9.69 Å². The minimum atomic E-state index is 0.225. The number of amides is 1. The molecule has 1 heterocycles. The number of rotatable bonds is 3. The Morgan fingerprint density at radius 2 is 2.29 bits per heavy atom. The molecule has 0 unspecified atom stereocenters. The molecule has 0 spiro atoms. The smallest absolute Gasteiger partial charge is 0.236 e. The monoisotopic (exact) mass is 194 g/mol. The molecule has 14 heavy (non-hydrogen) atoms. The van der Waals surface area contributed by atoms with Crippen molar-refractivity contribution in [2.24, 2.45) is 0 Å². The maximum absolute atomic E-state index is 11.5. The van der Waals surface area contributed by atoms with Crippen molar-refractivity contribution in [1.82, 2.24) is 9.80 Å². The third-order valence-electron chi connectivity index (χ3n) is 2.55. The summed E-state index contributed by atoms with van der Waals surface area (Å²) in [6, 6.07) is 0. The molecule has 0 saturated carbocycles. The van der Waals surface area contributed by atoms with Crippen molar-refractivity contribution >= 4 is 5.91 Å². The molecule has 1 aliphatic heterocycles. The first kappa shape index (κ1) is 11.1. The summed E-state index contributed by atoms with van der Waals surface area (Å²) < 4.78 is 0. The molecule has 0 aromatic carbocycles. The molecule has 1 rings (SSSR count). The number of likely N-dealkylation sites (N-methyl/N-ethyl adjacent to an activating group) is 1. The van der Waals surface area contributed by atoms with Gasteiger partial charge in [0.15, 0.2) is 0 Å². The highest BCUT2D eigenvalue weighted by atomic mass is 16.2. The molecule has 1 saturated heterocycles. The fourth-order valence-electron chi connectivity index (χ4n) is 1.64. The van der Waals surface area contributed by atoms with Crippen LogP contribution in [0.1, 0.15) is 19.3 Å². The van der Waals surface area contributed by atoms with E-state index in [4.69, 9.17) is 6.42 Å². The van der Waals surface area contributed by atoms with Crippen LogP contribution < -0.4 is 0 Å². The van der Waals surface area contributed by atoms with Crippen molar-refractivity contribution in [2.45, 2.75) is 19.3 Å². The van der Waals surface area contributed by atoms with Crippen molar-refractivity contribution in [3.8, 4) is 12.3 Å². The molecule has 1 fully saturated rings. The van der Waals surface area contributed by atoms with Crippen LogP contribution in [0.4, 0.5) is 0 Å². The van der Waals surface area contributed by atoms with Gasteiger partial charge in [-0.1, -0.05) is 0 Å². The standard InChI is InChI=1S/C11H18N2O/c1-3-4-5-8-13-9-6-7-12(2)11(14)10-13/h1H,4-10H2,2H3. The lowest BCUT2D eigenvalue weighted by atomic mass is 10.3. The Morgan fingerprint density at radius 1 is 1.50 bits per heavy atom. The SMILES string of the molecule is C#CCCCN1CCCN(C)C(=O)C1. The zero-order chi connectivity index (χ0) is 10.4. The van der Waals surface area contributed by atoms with Crippen LogP contribution in [0.2, 0.25) is 0 Å². The van der Waals surface area contributed by atoms with Crippen LogP contribution in [0.3, 0.4) is 0 Å². The Balaban J connectivity index is 2.32. The lowest BCUT2D eigenvalue weighted by Gasteiger charge is -2.18. The van der Waals surface area contributed by atoms with E-state index in [0.29, 0.717) is 6.54 Å². The van der Waals surface area contributed by atoms with Crippen LogP contribution in [0.5, 0.6) is 0 Å². The van der Waals surface area contributed by atoms with Crippen LogP contribution in [0.25, 0.3) is 0 Å². The molecular weight excluding hydrogens is 176 g/mol. The lowest BCUT2D eigenvalue weighted by molar-refractivity contribution is -0.129. The predicted octanol–water partition coefficient (Wildman–Crippen LogP) is 0.564. The molecule has 1 amide bonds. The second kappa shape index (κ2) is 5.66. The van der Waals surface area contributed by atoms with Crippen LogP contribution in [-0.2, 0) is 4.79 Å². The van der Waals surface area contributed by atoms with E-state index < -0.39 is 0 Å². The van der Waals surface area contributed by atoms with Gasteiger partial charge in [0.2, 0.25) is 5.91 Å². The number of hydrogen-bond acceptors (Lipinski definition) is 2. The number of nitrogens with zero attached hydrogens (tertiary/aromatic N) is 2. The average molecular weight is 194 g/mol. The Morgan fingerprint density at radius 3 is 3.00 bits per heavy atom. The number of unbranched alkanes of at least 4 members (excludes halogenated alkanes) is 1. The molecule has 1 aliphatic rings. The summed E-state index contributed by atoms with van der Waals surface area (Å²) in [6.07, 6.45) is 8.05. The first-order chi connectivity index (χ1) is 6.74. The Bertz CT molecular complexity index is 232. The number of hydrogen-bond donors (Lipinski definition) is 0. The van der Waals surface area contributed by atoms with Gasteiger partial charge < -0.3 is 4.90 Å². The van der Waals surface area contributed by atoms with Gasteiger partial charge in [-0.2, -0.15) is 0 Å². The number of carbonyl (C=O) groups excluding carboxylic acids is 1. The Hall–Kier alpha value is -1.01. The lowest BCUT2D eigenvalue weighted by Crippen LogP contribution is -2.34. The third-order valence-corrected chi connectivity index (χ3v) is 2.55. The van der Waals surface area contributed by atoms with Crippen LogP contribution in [-0.4, -0.2) is 48.9 Å². The Labute approximate surface area is 86.1 Å². The minimum Gasteiger partial charge on any atom is -0.345 e. The van der Waals surface area contributed by atoms with E-state index in [1.165, 1.54) is 0 Å². The van der Waals surface area contributed by atoms with Crippen molar-refractivity contribution in [3.05, 3.63) is 0 Å². The highest BCUT2D eigenvalue weighted by Gasteiger charge is 2.17. The summed E-state index contributed by atoms with van der Waals surface area (Å²) in [5, 5.41) is 0. The first-order valence-corrected chi connectivity index (χ1v) is 5.14. The normalized spacial score (nSPS) is 19.1. The highest BCUT2D eigenvalue weighted by molar-refractivity contribution is 5.78. The second-order valence-electron chi connectivity index (χ2n) is 3.75. The Kier molecular flexibility index (Phi) is 4.48. The summed E-state index contributed by atoms with van der Waals surface area (Å²) in [5.74, 6) is 2.85. The molecule has 0 aliphatic carbocycles. The second-order valence-corrected chi connectivity index (χ2v) is 3.75. The minimum absolute atomic E-state index is 0.225. The maximum Gasteiger partial charge on any atom is 0.236 e. The van der Waals surface area contributed by atoms with Gasteiger partial charge in [-0.15, -0.1) is 12.3 Å². The van der Waals surface area contributed by atoms with Gasteiger partial charge in [0.1, 0.15) is 0 Å². The van der Waals surface area contributed by atoms with Crippen molar-refractivity contribution in [3.63, 3.8) is 0 Å². The zero-order valence-electron chi connectivity index (χ0n) is 8.83. The van der Waals surface area contributed by atoms with Gasteiger partial charge in [-0.05, 0) is 19.4 Å². The maximum atomic E-state index is 11.5. The van der Waals surface area contributed by atoms with Crippen molar-refractivity contribution in [1.29, 1.82) is 0 Å². The van der Waals surface area contributed by atoms with Gasteiger partial charge in [-0.25, -0.2) is 0 Å². The fraction of sp³-hybridized carbons (Fsp3) is 0.727. The van der Waals surface area contributed by atoms with Crippen molar-refractivity contribution < 1.29 is 4.79 Å². The molecule has 0 aromatic rings. The molecular formula is C11H18N2O. The summed E-state index contributed by atoms with van der Waals surface area (Å²) in [4.78, 5) is 15.5. The topological polar surface area (TPSA) is 23.6 Å². The molecule has 3 nitrogen and oxygen atoms in total. The third kappa shape index (κ3) is 3.39. The average Bonchev–Trinajstić information content (AvgIpc) is 2.31. The summed E-state index contributed by atoms with van der Waals surface area (Å²) in [7, 11) is 1.87. The van der Waals surface area contributed by atoms with Gasteiger partial charge >= 0.3 is 0 Å². The van der Waals surface area contributed by atoms with Gasteiger partial charge in [0, 0.05) is 26.6 Å². The van der Waals surface area contributed by atoms with E-state index >= 15 is 0 Å². The van der Waals surface area contributed by atoms with E-state index in [0.717, 1.165) is 38.9 Å². The van der Waals surface area contributed by atoms with Crippen molar-refractivity contribution in [2.75, 3.05) is 33.2 Å². The summed E-state index contributed by atoms with van der Waals surface area (Å²) in [5.41, 5.74) is 0. The van der Waals surface area contributed by atoms with E-state index in [2.05, 4.69) is 10.8 Å². The highest BCUT2D eigenvalue weighted by Crippen LogP contribution is 2.03. The van der Waals surface area contributed by atoms with Crippen LogP contribution in [0.15, 0.2) is 0 Å². The van der Waals surface area contributed by atoms with E-state index in [-0.39, 0.29) is 5.91 Å². The van der Waals surface area contributed by atoms with E-state index in [9.17, 15) is 4.79 Å². The number of terminal acetylenes is 1. The molecule has 3 heteroatoms. The largest absolute Gasteiger partial charge is 0.345 e. The van der Waals surface area contributed by atoms with Crippen LogP contribution >= 0.6 is 0 Å². The molecule has 0 bridgehead atoms. The molecule has 0 radical (unpaired) electrons. The number of carbonyl (C=O) groups is 1. The van der Waals surface area contributed by atoms with Crippen LogP contribution in [0, 0.1) is 12.3 Å². The van der Waals surface area contributed by atoms with E-state index in [1.807, 2.05) is 7.05 Å². The zero-order valence-corrected chi connectivity index (χ0v) is 8.83. The first-order valence-electron chi connectivity index (χ1n) is 5.14. The summed E-state index contributed by atoms with van der Waals surface area (Å²) in [6.45, 7) is 3.40. The van der Waals surface area contributed by atoms with Gasteiger partial charge in [0.25, 0.3) is 0 Å². The quantitative estimate of drug-likeness (QED) is 0.484. The molecule has 78 valence electrons. The van der Waals surface area contributed by atoms with Gasteiger partial charge in [0.05, 0.1) is 6.54 Å². The van der Waals surface area contributed by atoms with E-state index in [1.54, 1.807) is 4.90 Å². The fourth-order valence-corrected chi connectivity index (χ4v) is 1.64. The summed E-state index contributed by atoms with van der Waals surface area (Å²) >= 11 is 0. The molecule has 0 atom stereocenters. The molecule has 0 N–H and O–H groups in total. The molecule has 0 aromatic heterocycles.